The summed E-state index contributed by atoms with van der Waals surface area (Å²) in [6.45, 7) is 0.667. The van der Waals surface area contributed by atoms with Gasteiger partial charge in [0.05, 0.1) is 19.0 Å². The zero-order valence-corrected chi connectivity index (χ0v) is 12.0. The summed E-state index contributed by atoms with van der Waals surface area (Å²) in [5, 5.41) is 8.59. The van der Waals surface area contributed by atoms with E-state index in [1.165, 1.54) is 18.4 Å². The molecular formula is C17H19N3O. The molecule has 2 aromatic rings. The second kappa shape index (κ2) is 8.70. The fourth-order valence-corrected chi connectivity index (χ4v) is 2.07. The fraction of sp³-hybridized carbons (Fsp3) is 0.353. The molecule has 2 rings (SSSR count). The molecule has 1 aromatic heterocycles. The Labute approximate surface area is 125 Å². The molecule has 0 aliphatic rings. The predicted octanol–water partition coefficient (Wildman–Crippen LogP) is 3.53. The molecule has 0 aliphatic heterocycles. The summed E-state index contributed by atoms with van der Waals surface area (Å²) < 4.78 is 5.54. The summed E-state index contributed by atoms with van der Waals surface area (Å²) in [6.07, 6.45) is 8.83. The summed E-state index contributed by atoms with van der Waals surface area (Å²) in [4.78, 5) is 7.72. The van der Waals surface area contributed by atoms with Crippen LogP contribution in [0.5, 0.6) is 5.75 Å². The SMILES string of the molecule is N#Cc1ncc(OCCCCCCc2ccccc2)cn1. The van der Waals surface area contributed by atoms with Gasteiger partial charge in [0.2, 0.25) is 5.82 Å². The maximum atomic E-state index is 8.59. The molecule has 0 unspecified atom stereocenters. The quantitative estimate of drug-likeness (QED) is 0.694. The minimum atomic E-state index is 0.170. The fourth-order valence-electron chi connectivity index (χ4n) is 2.07. The minimum Gasteiger partial charge on any atom is -0.490 e. The number of hydrogen-bond donors (Lipinski definition) is 0. The number of nitrogens with zero attached hydrogens (tertiary/aromatic N) is 3. The van der Waals surface area contributed by atoms with Crippen LogP contribution in [0.4, 0.5) is 0 Å². The van der Waals surface area contributed by atoms with Gasteiger partial charge in [0.25, 0.3) is 0 Å². The Balaban J connectivity index is 1.53. The van der Waals surface area contributed by atoms with E-state index in [9.17, 15) is 0 Å². The standard InChI is InChI=1S/C17H19N3O/c18-12-17-19-13-16(14-20-17)21-11-7-2-1-4-8-15-9-5-3-6-10-15/h3,5-6,9-10,13-14H,1-2,4,7-8,11H2. The van der Waals surface area contributed by atoms with Gasteiger partial charge < -0.3 is 4.74 Å². The van der Waals surface area contributed by atoms with Crippen LogP contribution in [0.3, 0.4) is 0 Å². The first-order valence-corrected chi connectivity index (χ1v) is 7.27. The average molecular weight is 281 g/mol. The van der Waals surface area contributed by atoms with Crippen molar-refractivity contribution in [3.8, 4) is 11.8 Å². The first-order valence-electron chi connectivity index (χ1n) is 7.27. The number of aromatic nitrogens is 2. The normalized spacial score (nSPS) is 10.0. The summed E-state index contributed by atoms with van der Waals surface area (Å²) in [5.41, 5.74) is 1.41. The van der Waals surface area contributed by atoms with Crippen molar-refractivity contribution in [1.29, 1.82) is 5.26 Å². The van der Waals surface area contributed by atoms with Gasteiger partial charge in [-0.2, -0.15) is 5.26 Å². The van der Waals surface area contributed by atoms with E-state index in [2.05, 4.69) is 34.2 Å². The molecule has 1 aromatic carbocycles. The van der Waals surface area contributed by atoms with Gasteiger partial charge >= 0.3 is 0 Å². The van der Waals surface area contributed by atoms with Gasteiger partial charge in [-0.05, 0) is 24.8 Å². The summed E-state index contributed by atoms with van der Waals surface area (Å²) in [6, 6.07) is 12.5. The number of aryl methyl sites for hydroxylation is 1. The lowest BCUT2D eigenvalue weighted by molar-refractivity contribution is 0.302. The van der Waals surface area contributed by atoms with Gasteiger partial charge in [0, 0.05) is 0 Å². The molecule has 0 N–H and O–H groups in total. The van der Waals surface area contributed by atoms with Crippen LogP contribution in [0.25, 0.3) is 0 Å². The largest absolute Gasteiger partial charge is 0.490 e. The number of ether oxygens (including phenoxy) is 1. The maximum Gasteiger partial charge on any atom is 0.232 e. The number of benzene rings is 1. The van der Waals surface area contributed by atoms with Crippen LogP contribution in [0.1, 0.15) is 37.1 Å². The number of unbranched alkanes of at least 4 members (excludes halogenated alkanes) is 3. The van der Waals surface area contributed by atoms with E-state index in [0.29, 0.717) is 12.4 Å². The van der Waals surface area contributed by atoms with Crippen molar-refractivity contribution in [2.75, 3.05) is 6.61 Å². The van der Waals surface area contributed by atoms with E-state index in [1.54, 1.807) is 12.4 Å². The molecule has 21 heavy (non-hydrogen) atoms. The zero-order chi connectivity index (χ0) is 14.8. The van der Waals surface area contributed by atoms with Gasteiger partial charge in [-0.3, -0.25) is 0 Å². The molecule has 0 saturated carbocycles. The molecule has 0 radical (unpaired) electrons. The van der Waals surface area contributed by atoms with Crippen LogP contribution in [0.2, 0.25) is 0 Å². The van der Waals surface area contributed by atoms with E-state index < -0.39 is 0 Å². The second-order valence-electron chi connectivity index (χ2n) is 4.85. The summed E-state index contributed by atoms with van der Waals surface area (Å²) in [5.74, 6) is 0.793. The van der Waals surface area contributed by atoms with E-state index in [1.807, 2.05) is 12.1 Å². The molecule has 108 valence electrons. The zero-order valence-electron chi connectivity index (χ0n) is 12.0. The molecule has 0 saturated heterocycles. The van der Waals surface area contributed by atoms with Gasteiger partial charge in [0.1, 0.15) is 6.07 Å². The lowest BCUT2D eigenvalue weighted by atomic mass is 10.1. The van der Waals surface area contributed by atoms with Gasteiger partial charge in [-0.25, -0.2) is 9.97 Å². The van der Waals surface area contributed by atoms with Gasteiger partial charge in [0.15, 0.2) is 5.75 Å². The monoisotopic (exact) mass is 281 g/mol. The summed E-state index contributed by atoms with van der Waals surface area (Å²) >= 11 is 0. The Bertz CT molecular complexity index is 561. The van der Waals surface area contributed by atoms with E-state index >= 15 is 0 Å². The van der Waals surface area contributed by atoms with Crippen LogP contribution in [-0.2, 0) is 6.42 Å². The van der Waals surface area contributed by atoms with Crippen LogP contribution in [-0.4, -0.2) is 16.6 Å². The Morgan fingerprint density at radius 3 is 2.38 bits per heavy atom. The molecule has 1 heterocycles. The van der Waals surface area contributed by atoms with Crippen molar-refractivity contribution < 1.29 is 4.74 Å². The summed E-state index contributed by atoms with van der Waals surface area (Å²) in [7, 11) is 0. The highest BCUT2D eigenvalue weighted by Crippen LogP contribution is 2.10. The van der Waals surface area contributed by atoms with Crippen molar-refractivity contribution in [2.45, 2.75) is 32.1 Å². The third-order valence-electron chi connectivity index (χ3n) is 3.20. The molecule has 0 atom stereocenters. The molecular weight excluding hydrogens is 262 g/mol. The van der Waals surface area contributed by atoms with E-state index in [0.717, 1.165) is 19.3 Å². The van der Waals surface area contributed by atoms with E-state index in [4.69, 9.17) is 10.00 Å². The maximum absolute atomic E-state index is 8.59. The van der Waals surface area contributed by atoms with Crippen molar-refractivity contribution in [2.24, 2.45) is 0 Å². The van der Waals surface area contributed by atoms with Crippen LogP contribution >= 0.6 is 0 Å². The number of nitriles is 1. The lowest BCUT2D eigenvalue weighted by Gasteiger charge is -2.05. The molecule has 0 amide bonds. The van der Waals surface area contributed by atoms with Crippen molar-refractivity contribution in [1.82, 2.24) is 9.97 Å². The van der Waals surface area contributed by atoms with Crippen LogP contribution < -0.4 is 4.74 Å². The van der Waals surface area contributed by atoms with Crippen LogP contribution in [0.15, 0.2) is 42.7 Å². The number of hydrogen-bond acceptors (Lipinski definition) is 4. The van der Waals surface area contributed by atoms with Gasteiger partial charge in [-0.1, -0.05) is 43.2 Å². The molecule has 0 bridgehead atoms. The predicted molar refractivity (Wildman–Crippen MR) is 80.9 cm³/mol. The van der Waals surface area contributed by atoms with Crippen LogP contribution in [0, 0.1) is 11.3 Å². The molecule has 0 spiro atoms. The molecule has 0 aliphatic carbocycles. The third kappa shape index (κ3) is 5.62. The highest BCUT2D eigenvalue weighted by molar-refractivity contribution is 5.17. The Hall–Kier alpha value is -2.41. The molecule has 4 nitrogen and oxygen atoms in total. The Morgan fingerprint density at radius 1 is 0.952 bits per heavy atom. The highest BCUT2D eigenvalue weighted by atomic mass is 16.5. The Morgan fingerprint density at radius 2 is 1.67 bits per heavy atom. The average Bonchev–Trinajstić information content (AvgIpc) is 2.55. The smallest absolute Gasteiger partial charge is 0.232 e. The van der Waals surface area contributed by atoms with Crippen molar-refractivity contribution in [3.05, 3.63) is 54.1 Å². The second-order valence-corrected chi connectivity index (χ2v) is 4.85. The Kier molecular flexibility index (Phi) is 6.21. The lowest BCUT2D eigenvalue weighted by Crippen LogP contribution is -1.99. The van der Waals surface area contributed by atoms with Gasteiger partial charge in [-0.15, -0.1) is 0 Å². The minimum absolute atomic E-state index is 0.170. The molecule has 0 fully saturated rings. The van der Waals surface area contributed by atoms with Crippen molar-refractivity contribution in [3.63, 3.8) is 0 Å². The van der Waals surface area contributed by atoms with E-state index in [-0.39, 0.29) is 5.82 Å². The first-order chi connectivity index (χ1) is 10.4. The highest BCUT2D eigenvalue weighted by Gasteiger charge is 1.98. The number of rotatable bonds is 8. The third-order valence-corrected chi connectivity index (χ3v) is 3.20. The van der Waals surface area contributed by atoms with Crippen molar-refractivity contribution >= 4 is 0 Å². The first kappa shape index (κ1) is 15.0. The topological polar surface area (TPSA) is 58.8 Å². The molecule has 4 heteroatoms.